The van der Waals surface area contributed by atoms with E-state index in [2.05, 4.69) is 13.8 Å². The topological polar surface area (TPSA) is 43.1 Å². The Bertz CT molecular complexity index is 157. The molecule has 0 fully saturated rings. The molecule has 2 N–H and O–H groups in total. The Morgan fingerprint density at radius 3 is 2.27 bits per heavy atom. The van der Waals surface area contributed by atoms with E-state index in [4.69, 9.17) is 5.73 Å². The predicted molar refractivity (Wildman–Crippen MR) is 65.6 cm³/mol. The van der Waals surface area contributed by atoms with Gasteiger partial charge in [-0.1, -0.05) is 58.8 Å². The van der Waals surface area contributed by atoms with Crippen LogP contribution in [0.3, 0.4) is 0 Å². The van der Waals surface area contributed by atoms with Gasteiger partial charge in [-0.3, -0.25) is 4.79 Å². The fourth-order valence-corrected chi connectivity index (χ4v) is 1.95. The van der Waals surface area contributed by atoms with Gasteiger partial charge in [0.2, 0.25) is 5.91 Å². The van der Waals surface area contributed by atoms with Gasteiger partial charge in [0.05, 0.1) is 0 Å². The summed E-state index contributed by atoms with van der Waals surface area (Å²) in [6.07, 6.45) is 10.6. The molecule has 0 aromatic heterocycles. The number of hydrogen-bond acceptors (Lipinski definition) is 1. The van der Waals surface area contributed by atoms with Gasteiger partial charge in [-0.2, -0.15) is 0 Å². The molecule has 1 amide bonds. The third-order valence-corrected chi connectivity index (χ3v) is 3.08. The highest BCUT2D eigenvalue weighted by molar-refractivity contribution is 5.73. The van der Waals surface area contributed by atoms with Crippen molar-refractivity contribution in [1.82, 2.24) is 0 Å². The molecule has 2 nitrogen and oxygen atoms in total. The molecule has 0 saturated heterocycles. The van der Waals surface area contributed by atoms with Crippen molar-refractivity contribution >= 4 is 5.91 Å². The van der Waals surface area contributed by atoms with E-state index in [0.717, 1.165) is 18.8 Å². The highest BCUT2D eigenvalue weighted by Gasteiger charge is 2.05. The van der Waals surface area contributed by atoms with E-state index in [1.54, 1.807) is 0 Å². The van der Waals surface area contributed by atoms with Gasteiger partial charge in [-0.25, -0.2) is 0 Å². The molecule has 0 heterocycles. The predicted octanol–water partition coefficient (Wildman–Crippen LogP) is 3.64. The van der Waals surface area contributed by atoms with Crippen LogP contribution < -0.4 is 5.73 Å². The largest absolute Gasteiger partial charge is 0.370 e. The molecule has 0 aliphatic carbocycles. The maximum absolute atomic E-state index is 10.5. The highest BCUT2D eigenvalue weighted by Crippen LogP contribution is 2.19. The molecule has 1 atom stereocenters. The summed E-state index contributed by atoms with van der Waals surface area (Å²) in [7, 11) is 0. The minimum absolute atomic E-state index is 0.159. The van der Waals surface area contributed by atoms with E-state index >= 15 is 0 Å². The second-order valence-electron chi connectivity index (χ2n) is 4.48. The minimum atomic E-state index is -0.159. The van der Waals surface area contributed by atoms with Gasteiger partial charge in [0.1, 0.15) is 0 Å². The number of carbonyl (C=O) groups is 1. The number of rotatable bonds is 10. The molecule has 15 heavy (non-hydrogen) atoms. The molecule has 0 saturated carbocycles. The number of amides is 1. The Kier molecular flexibility index (Phi) is 9.65. The zero-order valence-electron chi connectivity index (χ0n) is 10.4. The second-order valence-corrected chi connectivity index (χ2v) is 4.48. The van der Waals surface area contributed by atoms with Crippen LogP contribution in [-0.2, 0) is 4.79 Å². The maximum Gasteiger partial charge on any atom is 0.217 e. The number of primary amides is 1. The lowest BCUT2D eigenvalue weighted by atomic mass is 9.93. The van der Waals surface area contributed by atoms with Crippen LogP contribution in [0.5, 0.6) is 0 Å². The van der Waals surface area contributed by atoms with Crippen molar-refractivity contribution < 1.29 is 4.79 Å². The van der Waals surface area contributed by atoms with E-state index in [9.17, 15) is 4.79 Å². The fraction of sp³-hybridized carbons (Fsp3) is 0.923. The summed E-state index contributed by atoms with van der Waals surface area (Å²) in [5, 5.41) is 0. The quantitative estimate of drug-likeness (QED) is 0.553. The van der Waals surface area contributed by atoms with E-state index in [1.165, 1.54) is 38.5 Å². The van der Waals surface area contributed by atoms with Gasteiger partial charge in [0, 0.05) is 6.42 Å². The maximum atomic E-state index is 10.5. The van der Waals surface area contributed by atoms with E-state index in [0.29, 0.717) is 6.42 Å². The molecule has 0 aromatic carbocycles. The molecular weight excluding hydrogens is 186 g/mol. The van der Waals surface area contributed by atoms with Crippen LogP contribution >= 0.6 is 0 Å². The van der Waals surface area contributed by atoms with Crippen molar-refractivity contribution in [2.45, 2.75) is 71.6 Å². The first kappa shape index (κ1) is 14.5. The van der Waals surface area contributed by atoms with Gasteiger partial charge in [0.25, 0.3) is 0 Å². The van der Waals surface area contributed by atoms with Crippen molar-refractivity contribution in [2.75, 3.05) is 0 Å². The summed E-state index contributed by atoms with van der Waals surface area (Å²) < 4.78 is 0. The van der Waals surface area contributed by atoms with Crippen LogP contribution in [-0.4, -0.2) is 5.91 Å². The van der Waals surface area contributed by atoms with Crippen LogP contribution in [0.1, 0.15) is 71.6 Å². The Balaban J connectivity index is 3.33. The van der Waals surface area contributed by atoms with Crippen molar-refractivity contribution in [3.05, 3.63) is 0 Å². The van der Waals surface area contributed by atoms with Gasteiger partial charge >= 0.3 is 0 Å². The number of nitrogens with two attached hydrogens (primary N) is 1. The molecular formula is C13H27NO. The Morgan fingerprint density at radius 2 is 1.73 bits per heavy atom. The Morgan fingerprint density at radius 1 is 1.07 bits per heavy atom. The van der Waals surface area contributed by atoms with Gasteiger partial charge in [-0.15, -0.1) is 0 Å². The summed E-state index contributed by atoms with van der Waals surface area (Å²) in [6.45, 7) is 4.53. The van der Waals surface area contributed by atoms with Gasteiger partial charge in [-0.05, 0) is 12.3 Å². The zero-order chi connectivity index (χ0) is 11.5. The van der Waals surface area contributed by atoms with Crippen molar-refractivity contribution in [3.8, 4) is 0 Å². The second kappa shape index (κ2) is 10.0. The summed E-state index contributed by atoms with van der Waals surface area (Å²) >= 11 is 0. The van der Waals surface area contributed by atoms with Crippen LogP contribution in [0, 0.1) is 5.92 Å². The van der Waals surface area contributed by atoms with Gasteiger partial charge < -0.3 is 5.73 Å². The average Bonchev–Trinajstić information content (AvgIpc) is 2.21. The van der Waals surface area contributed by atoms with Gasteiger partial charge in [0.15, 0.2) is 0 Å². The zero-order valence-corrected chi connectivity index (χ0v) is 10.4. The molecule has 0 aliphatic rings. The smallest absolute Gasteiger partial charge is 0.217 e. The van der Waals surface area contributed by atoms with E-state index < -0.39 is 0 Å². The van der Waals surface area contributed by atoms with E-state index in [1.807, 2.05) is 0 Å². The molecule has 0 rings (SSSR count). The first-order valence-corrected chi connectivity index (χ1v) is 6.49. The molecule has 0 aliphatic heterocycles. The summed E-state index contributed by atoms with van der Waals surface area (Å²) in [5.41, 5.74) is 5.09. The molecule has 90 valence electrons. The fourth-order valence-electron chi connectivity index (χ4n) is 1.95. The Hall–Kier alpha value is -0.530. The first-order valence-electron chi connectivity index (χ1n) is 6.49. The van der Waals surface area contributed by atoms with Crippen LogP contribution in [0.4, 0.5) is 0 Å². The minimum Gasteiger partial charge on any atom is -0.370 e. The molecule has 0 aromatic rings. The van der Waals surface area contributed by atoms with Crippen molar-refractivity contribution in [1.29, 1.82) is 0 Å². The normalized spacial score (nSPS) is 12.7. The molecule has 0 radical (unpaired) electrons. The number of unbranched alkanes of at least 4 members (excludes halogenated alkanes) is 3. The molecule has 1 unspecified atom stereocenters. The molecule has 2 heteroatoms. The third kappa shape index (κ3) is 9.77. The summed E-state index contributed by atoms with van der Waals surface area (Å²) in [4.78, 5) is 10.5. The first-order chi connectivity index (χ1) is 7.20. The SMILES string of the molecule is CCCCC(CC)CCCCCC(N)=O. The standard InChI is InChI=1S/C13H27NO/c1-3-5-9-12(4-2)10-7-6-8-11-13(14)15/h12H,3-11H2,1-2H3,(H2,14,15). The van der Waals surface area contributed by atoms with Crippen LogP contribution in [0.2, 0.25) is 0 Å². The van der Waals surface area contributed by atoms with Crippen molar-refractivity contribution in [2.24, 2.45) is 11.7 Å². The number of hydrogen-bond donors (Lipinski definition) is 1. The highest BCUT2D eigenvalue weighted by atomic mass is 16.1. The number of carbonyl (C=O) groups excluding carboxylic acids is 1. The lowest BCUT2D eigenvalue weighted by molar-refractivity contribution is -0.118. The Labute approximate surface area is 94.6 Å². The summed E-state index contributed by atoms with van der Waals surface area (Å²) in [5.74, 6) is 0.742. The van der Waals surface area contributed by atoms with Crippen LogP contribution in [0.15, 0.2) is 0 Å². The monoisotopic (exact) mass is 213 g/mol. The third-order valence-electron chi connectivity index (χ3n) is 3.08. The lowest BCUT2D eigenvalue weighted by Gasteiger charge is -2.13. The molecule has 0 spiro atoms. The van der Waals surface area contributed by atoms with E-state index in [-0.39, 0.29) is 5.91 Å². The van der Waals surface area contributed by atoms with Crippen LogP contribution in [0.25, 0.3) is 0 Å². The summed E-state index contributed by atoms with van der Waals surface area (Å²) in [6, 6.07) is 0. The molecule has 0 bridgehead atoms. The lowest BCUT2D eigenvalue weighted by Crippen LogP contribution is -2.09. The average molecular weight is 213 g/mol. The van der Waals surface area contributed by atoms with Crippen molar-refractivity contribution in [3.63, 3.8) is 0 Å².